The minimum Gasteiger partial charge on any atom is -0.373 e. The lowest BCUT2D eigenvalue weighted by atomic mass is 9.86. The highest BCUT2D eigenvalue weighted by atomic mass is 16.5. The monoisotopic (exact) mass is 141 g/mol. The van der Waals surface area contributed by atoms with Crippen molar-refractivity contribution in [3.05, 3.63) is 0 Å². The highest BCUT2D eigenvalue weighted by Crippen LogP contribution is 2.34. The Kier molecular flexibility index (Phi) is 1.46. The molecule has 2 nitrogen and oxygen atoms in total. The molecule has 0 aromatic carbocycles. The van der Waals surface area contributed by atoms with Crippen LogP contribution in [-0.4, -0.2) is 37.2 Å². The average molecular weight is 141 g/mol. The quantitative estimate of drug-likeness (QED) is 0.496. The molecule has 1 spiro atoms. The lowest BCUT2D eigenvalue weighted by molar-refractivity contribution is -0.173. The van der Waals surface area contributed by atoms with Crippen molar-refractivity contribution in [2.24, 2.45) is 0 Å². The van der Waals surface area contributed by atoms with Crippen LogP contribution in [-0.2, 0) is 4.74 Å². The smallest absolute Gasteiger partial charge is 0.0831 e. The Morgan fingerprint density at radius 2 is 2.20 bits per heavy atom. The number of likely N-dealkylation sites (N-methyl/N-ethyl adjacent to an activating group) is 1. The van der Waals surface area contributed by atoms with Gasteiger partial charge in [-0.25, -0.2) is 0 Å². The molecule has 0 aromatic heterocycles. The zero-order chi connectivity index (χ0) is 7.03. The summed E-state index contributed by atoms with van der Waals surface area (Å²) in [6.45, 7) is 3.41. The summed E-state index contributed by atoms with van der Waals surface area (Å²) >= 11 is 0. The second kappa shape index (κ2) is 2.21. The second-order valence-corrected chi connectivity index (χ2v) is 3.62. The Morgan fingerprint density at radius 3 is 2.60 bits per heavy atom. The van der Waals surface area contributed by atoms with Gasteiger partial charge in [-0.3, -0.25) is 0 Å². The average Bonchev–Trinajstić information content (AvgIpc) is 1.85. The largest absolute Gasteiger partial charge is 0.373 e. The lowest BCUT2D eigenvalue weighted by Gasteiger charge is -2.47. The van der Waals surface area contributed by atoms with E-state index in [9.17, 15) is 0 Å². The summed E-state index contributed by atoms with van der Waals surface area (Å²) in [5.74, 6) is 0. The van der Waals surface area contributed by atoms with E-state index in [1.54, 1.807) is 0 Å². The maximum atomic E-state index is 5.59. The van der Waals surface area contributed by atoms with E-state index >= 15 is 0 Å². The summed E-state index contributed by atoms with van der Waals surface area (Å²) < 4.78 is 5.59. The third-order valence-corrected chi connectivity index (χ3v) is 2.70. The van der Waals surface area contributed by atoms with Crippen LogP contribution < -0.4 is 0 Å². The summed E-state index contributed by atoms with van der Waals surface area (Å²) in [5, 5.41) is 0. The van der Waals surface area contributed by atoms with Gasteiger partial charge in [-0.2, -0.15) is 0 Å². The molecule has 0 N–H and O–H groups in total. The molecule has 0 bridgehead atoms. The van der Waals surface area contributed by atoms with E-state index in [4.69, 9.17) is 4.74 Å². The molecule has 2 saturated heterocycles. The van der Waals surface area contributed by atoms with Crippen LogP contribution in [0.15, 0.2) is 0 Å². The number of hydrogen-bond donors (Lipinski definition) is 0. The molecule has 2 heteroatoms. The first-order valence-electron chi connectivity index (χ1n) is 4.13. The number of ether oxygens (including phenoxy) is 1. The van der Waals surface area contributed by atoms with E-state index in [1.165, 1.54) is 25.8 Å². The predicted octanol–water partition coefficient (Wildman–Crippen LogP) is 0.871. The molecule has 58 valence electrons. The van der Waals surface area contributed by atoms with Crippen molar-refractivity contribution in [1.82, 2.24) is 4.90 Å². The van der Waals surface area contributed by atoms with Crippen molar-refractivity contribution in [1.29, 1.82) is 0 Å². The fourth-order valence-electron chi connectivity index (χ4n) is 2.03. The summed E-state index contributed by atoms with van der Waals surface area (Å²) in [6, 6.07) is 0. The van der Waals surface area contributed by atoms with Crippen molar-refractivity contribution in [2.45, 2.75) is 24.9 Å². The molecule has 10 heavy (non-hydrogen) atoms. The number of rotatable bonds is 0. The Labute approximate surface area is 62.2 Å². The molecule has 0 radical (unpaired) electrons. The van der Waals surface area contributed by atoms with Crippen LogP contribution in [0.4, 0.5) is 0 Å². The van der Waals surface area contributed by atoms with Crippen molar-refractivity contribution >= 4 is 0 Å². The SMILES string of the molecule is CN1CCC[C@@]2(CCO2)C1. The minimum atomic E-state index is 0.299. The molecule has 2 aliphatic heterocycles. The highest BCUT2D eigenvalue weighted by Gasteiger charge is 2.40. The Morgan fingerprint density at radius 1 is 1.40 bits per heavy atom. The van der Waals surface area contributed by atoms with Gasteiger partial charge in [0.25, 0.3) is 0 Å². The van der Waals surface area contributed by atoms with E-state index in [0.717, 1.165) is 13.2 Å². The Hall–Kier alpha value is -0.0800. The summed E-state index contributed by atoms with van der Waals surface area (Å²) in [5.41, 5.74) is 0.299. The molecule has 0 unspecified atom stereocenters. The van der Waals surface area contributed by atoms with Gasteiger partial charge in [0.1, 0.15) is 0 Å². The first-order chi connectivity index (χ1) is 4.81. The molecule has 1 atom stereocenters. The van der Waals surface area contributed by atoms with E-state index in [2.05, 4.69) is 11.9 Å². The minimum absolute atomic E-state index is 0.299. The van der Waals surface area contributed by atoms with E-state index in [-0.39, 0.29) is 0 Å². The normalized spacial score (nSPS) is 41.7. The van der Waals surface area contributed by atoms with Gasteiger partial charge in [0.2, 0.25) is 0 Å². The summed E-state index contributed by atoms with van der Waals surface area (Å²) in [6.07, 6.45) is 3.89. The topological polar surface area (TPSA) is 12.5 Å². The van der Waals surface area contributed by atoms with Crippen molar-refractivity contribution in [2.75, 3.05) is 26.7 Å². The van der Waals surface area contributed by atoms with Gasteiger partial charge in [0.05, 0.1) is 12.2 Å². The molecule has 0 aromatic rings. The fourth-order valence-corrected chi connectivity index (χ4v) is 2.03. The third kappa shape index (κ3) is 0.956. The Balaban J connectivity index is 1.96. The molecule has 2 aliphatic rings. The van der Waals surface area contributed by atoms with Gasteiger partial charge in [-0.1, -0.05) is 0 Å². The molecule has 0 amide bonds. The second-order valence-electron chi connectivity index (χ2n) is 3.62. The van der Waals surface area contributed by atoms with E-state index in [1.807, 2.05) is 0 Å². The first-order valence-corrected chi connectivity index (χ1v) is 4.13. The molecule has 0 aliphatic carbocycles. The number of likely N-dealkylation sites (tertiary alicyclic amines) is 1. The van der Waals surface area contributed by atoms with Crippen molar-refractivity contribution in [3.63, 3.8) is 0 Å². The lowest BCUT2D eigenvalue weighted by Crippen LogP contribution is -2.54. The fraction of sp³-hybridized carbons (Fsp3) is 1.00. The highest BCUT2D eigenvalue weighted by molar-refractivity contribution is 4.92. The first kappa shape index (κ1) is 6.62. The molecular formula is C8H15NO. The van der Waals surface area contributed by atoms with Crippen LogP contribution in [0.2, 0.25) is 0 Å². The van der Waals surface area contributed by atoms with Gasteiger partial charge in [0.15, 0.2) is 0 Å². The zero-order valence-electron chi connectivity index (χ0n) is 6.60. The van der Waals surface area contributed by atoms with Crippen LogP contribution in [0.25, 0.3) is 0 Å². The summed E-state index contributed by atoms with van der Waals surface area (Å²) in [4.78, 5) is 2.38. The molecule has 0 saturated carbocycles. The number of hydrogen-bond acceptors (Lipinski definition) is 2. The molecule has 2 rings (SSSR count). The van der Waals surface area contributed by atoms with Crippen LogP contribution in [0.1, 0.15) is 19.3 Å². The van der Waals surface area contributed by atoms with Gasteiger partial charge in [0, 0.05) is 13.0 Å². The third-order valence-electron chi connectivity index (χ3n) is 2.70. The number of piperidine rings is 1. The van der Waals surface area contributed by atoms with Crippen molar-refractivity contribution < 1.29 is 4.74 Å². The van der Waals surface area contributed by atoms with Gasteiger partial charge < -0.3 is 9.64 Å². The van der Waals surface area contributed by atoms with Gasteiger partial charge >= 0.3 is 0 Å². The molecule has 2 heterocycles. The van der Waals surface area contributed by atoms with E-state index < -0.39 is 0 Å². The van der Waals surface area contributed by atoms with Crippen LogP contribution >= 0.6 is 0 Å². The Bertz CT molecular complexity index is 131. The van der Waals surface area contributed by atoms with Crippen LogP contribution in [0.5, 0.6) is 0 Å². The van der Waals surface area contributed by atoms with Crippen LogP contribution in [0, 0.1) is 0 Å². The molecule has 2 fully saturated rings. The summed E-state index contributed by atoms with van der Waals surface area (Å²) in [7, 11) is 2.18. The van der Waals surface area contributed by atoms with E-state index in [0.29, 0.717) is 5.60 Å². The maximum absolute atomic E-state index is 5.59. The zero-order valence-corrected chi connectivity index (χ0v) is 6.60. The maximum Gasteiger partial charge on any atom is 0.0831 e. The standard InChI is InChI=1S/C8H15NO/c1-9-5-2-3-8(7-9)4-6-10-8/h2-7H2,1H3/t8-/m1/s1. The van der Waals surface area contributed by atoms with Gasteiger partial charge in [-0.15, -0.1) is 0 Å². The number of nitrogens with zero attached hydrogens (tertiary/aromatic N) is 1. The van der Waals surface area contributed by atoms with Crippen molar-refractivity contribution in [3.8, 4) is 0 Å². The van der Waals surface area contributed by atoms with Gasteiger partial charge in [-0.05, 0) is 26.4 Å². The predicted molar refractivity (Wildman–Crippen MR) is 40.0 cm³/mol. The van der Waals surface area contributed by atoms with Crippen LogP contribution in [0.3, 0.4) is 0 Å². The molecular weight excluding hydrogens is 126 g/mol.